The van der Waals surface area contributed by atoms with Gasteiger partial charge in [0.05, 0.1) is 0 Å². The highest BCUT2D eigenvalue weighted by molar-refractivity contribution is 7.09. The van der Waals surface area contributed by atoms with Crippen LogP contribution in [0, 0.1) is 12.0 Å². The van der Waals surface area contributed by atoms with Crippen molar-refractivity contribution >= 4 is 25.3 Å². The van der Waals surface area contributed by atoms with Crippen molar-refractivity contribution in [1.82, 2.24) is 0 Å². The summed E-state index contributed by atoms with van der Waals surface area (Å²) >= 11 is 1.72. The lowest BCUT2D eigenvalue weighted by atomic mass is 10.7. The fraction of sp³-hybridized carbons (Fsp3) is 0.143. The Morgan fingerprint density at radius 2 is 2.56 bits per heavy atom. The average molecular weight is 152 g/mol. The highest BCUT2D eigenvalue weighted by atomic mass is 32.1. The molecule has 0 nitrogen and oxygen atoms in total. The molecule has 1 aromatic heterocycles. The van der Waals surface area contributed by atoms with Crippen LogP contribution < -0.4 is 5.19 Å². The van der Waals surface area contributed by atoms with E-state index in [1.54, 1.807) is 11.3 Å². The van der Waals surface area contributed by atoms with E-state index in [-0.39, 0.29) is 0 Å². The first-order valence-corrected chi connectivity index (χ1v) is 6.08. The molecule has 0 radical (unpaired) electrons. The summed E-state index contributed by atoms with van der Waals surface area (Å²) in [5, 5.41) is 5.62. The van der Waals surface area contributed by atoms with Gasteiger partial charge in [-0.05, 0) is 15.9 Å². The molecule has 0 aliphatic heterocycles. The van der Waals surface area contributed by atoms with Crippen LogP contribution in [0.5, 0.6) is 0 Å². The van der Waals surface area contributed by atoms with E-state index in [0.717, 1.165) is 0 Å². The predicted octanol–water partition coefficient (Wildman–Crippen LogP) is 0.984. The molecule has 0 aromatic carbocycles. The first-order valence-electron chi connectivity index (χ1n) is 2.83. The van der Waals surface area contributed by atoms with Crippen molar-refractivity contribution in [3.05, 3.63) is 16.8 Å². The molecule has 1 aromatic rings. The molecule has 0 spiro atoms. The quantitative estimate of drug-likeness (QED) is 0.416. The van der Waals surface area contributed by atoms with Gasteiger partial charge in [0.25, 0.3) is 0 Å². The van der Waals surface area contributed by atoms with Gasteiger partial charge in [-0.15, -0.1) is 12.0 Å². The minimum Gasteiger partial charge on any atom is -0.153 e. The SMILES string of the molecule is C#C[SiH](C)c1ccsc1. The molecule has 0 saturated carbocycles. The second-order valence-corrected chi connectivity index (χ2v) is 5.17. The molecule has 0 fully saturated rings. The van der Waals surface area contributed by atoms with Crippen LogP contribution in [-0.2, 0) is 0 Å². The highest BCUT2D eigenvalue weighted by Crippen LogP contribution is 1.94. The third-order valence-electron chi connectivity index (χ3n) is 1.29. The molecule has 46 valence electrons. The van der Waals surface area contributed by atoms with Gasteiger partial charge in [-0.3, -0.25) is 0 Å². The molecule has 1 atom stereocenters. The predicted molar refractivity (Wildman–Crippen MR) is 45.8 cm³/mol. The largest absolute Gasteiger partial charge is 0.153 e. The summed E-state index contributed by atoms with van der Waals surface area (Å²) < 4.78 is 0. The second kappa shape index (κ2) is 2.86. The van der Waals surface area contributed by atoms with Crippen LogP contribution in [0.15, 0.2) is 16.8 Å². The summed E-state index contributed by atoms with van der Waals surface area (Å²) in [5.41, 5.74) is 2.81. The number of rotatable bonds is 1. The third-order valence-corrected chi connectivity index (χ3v) is 4.10. The molecule has 0 amide bonds. The summed E-state index contributed by atoms with van der Waals surface area (Å²) in [6, 6.07) is 2.13. The molecular formula is C7H8SSi. The van der Waals surface area contributed by atoms with E-state index in [1.807, 2.05) is 0 Å². The van der Waals surface area contributed by atoms with Crippen LogP contribution in [-0.4, -0.2) is 8.80 Å². The average Bonchev–Trinajstić information content (AvgIpc) is 2.37. The van der Waals surface area contributed by atoms with E-state index in [4.69, 9.17) is 6.42 Å². The minimum atomic E-state index is -0.953. The normalized spacial score (nSPS) is 12.4. The van der Waals surface area contributed by atoms with E-state index in [1.165, 1.54) is 5.19 Å². The van der Waals surface area contributed by atoms with E-state index in [2.05, 4.69) is 28.9 Å². The highest BCUT2D eigenvalue weighted by Gasteiger charge is 2.01. The smallest absolute Gasteiger partial charge is 0.150 e. The van der Waals surface area contributed by atoms with Crippen molar-refractivity contribution in [3.8, 4) is 12.0 Å². The molecule has 0 aliphatic rings. The number of thiophene rings is 1. The molecule has 0 bridgehead atoms. The molecular weight excluding hydrogens is 144 g/mol. The van der Waals surface area contributed by atoms with Crippen LogP contribution in [0.3, 0.4) is 0 Å². The Kier molecular flexibility index (Phi) is 2.09. The van der Waals surface area contributed by atoms with Gasteiger partial charge in [0.1, 0.15) is 0 Å². The van der Waals surface area contributed by atoms with E-state index in [0.29, 0.717) is 0 Å². The third kappa shape index (κ3) is 1.44. The Morgan fingerprint density at radius 1 is 1.78 bits per heavy atom. The lowest BCUT2D eigenvalue weighted by Crippen LogP contribution is -2.22. The zero-order chi connectivity index (χ0) is 6.69. The van der Waals surface area contributed by atoms with Gasteiger partial charge in [0, 0.05) is 0 Å². The van der Waals surface area contributed by atoms with Gasteiger partial charge in [0.15, 0.2) is 8.80 Å². The number of terminal acetylenes is 1. The maximum absolute atomic E-state index is 5.28. The van der Waals surface area contributed by atoms with Crippen molar-refractivity contribution in [2.24, 2.45) is 0 Å². The number of hydrogen-bond donors (Lipinski definition) is 0. The molecule has 1 rings (SSSR count). The zero-order valence-corrected chi connectivity index (χ0v) is 7.27. The fourth-order valence-corrected chi connectivity index (χ4v) is 2.94. The summed E-state index contributed by atoms with van der Waals surface area (Å²) in [4.78, 5) is 0. The van der Waals surface area contributed by atoms with Gasteiger partial charge in [-0.2, -0.15) is 11.3 Å². The van der Waals surface area contributed by atoms with Gasteiger partial charge in [-0.25, -0.2) is 0 Å². The molecule has 0 N–H and O–H groups in total. The monoisotopic (exact) mass is 152 g/mol. The molecule has 9 heavy (non-hydrogen) atoms. The van der Waals surface area contributed by atoms with Gasteiger partial charge in [-0.1, -0.05) is 12.6 Å². The Morgan fingerprint density at radius 3 is 3.00 bits per heavy atom. The van der Waals surface area contributed by atoms with Gasteiger partial charge in [0.2, 0.25) is 0 Å². The van der Waals surface area contributed by atoms with Crippen molar-refractivity contribution in [1.29, 1.82) is 0 Å². The summed E-state index contributed by atoms with van der Waals surface area (Å²) in [6.07, 6.45) is 5.28. The van der Waals surface area contributed by atoms with Crippen molar-refractivity contribution in [3.63, 3.8) is 0 Å². The van der Waals surface area contributed by atoms with Crippen LogP contribution in [0.25, 0.3) is 0 Å². The lowest BCUT2D eigenvalue weighted by molar-refractivity contribution is 2.05. The van der Waals surface area contributed by atoms with Crippen LogP contribution >= 0.6 is 11.3 Å². The van der Waals surface area contributed by atoms with Gasteiger partial charge < -0.3 is 0 Å². The Hall–Kier alpha value is -0.523. The molecule has 1 unspecified atom stereocenters. The second-order valence-electron chi connectivity index (χ2n) is 1.95. The van der Waals surface area contributed by atoms with Gasteiger partial charge >= 0.3 is 0 Å². The number of hydrogen-bond acceptors (Lipinski definition) is 1. The van der Waals surface area contributed by atoms with Crippen molar-refractivity contribution < 1.29 is 0 Å². The Labute approximate surface area is 61.1 Å². The summed E-state index contributed by atoms with van der Waals surface area (Å²) in [5.74, 6) is 0. The summed E-state index contributed by atoms with van der Waals surface area (Å²) in [6.45, 7) is 2.17. The Bertz CT molecular complexity index is 207. The standard InChI is InChI=1S/C7H8SSi/c1-3-9(2)7-4-5-8-6-7/h1,4-6,9H,2H3. The maximum atomic E-state index is 5.28. The van der Waals surface area contributed by atoms with E-state index < -0.39 is 8.80 Å². The van der Waals surface area contributed by atoms with Crippen LogP contribution in [0.1, 0.15) is 0 Å². The molecule has 0 aliphatic carbocycles. The molecule has 2 heteroatoms. The topological polar surface area (TPSA) is 0 Å². The fourth-order valence-electron chi connectivity index (χ4n) is 0.618. The molecule has 0 saturated heterocycles. The minimum absolute atomic E-state index is 0.953. The molecule has 1 heterocycles. The van der Waals surface area contributed by atoms with Crippen LogP contribution in [0.2, 0.25) is 6.55 Å². The zero-order valence-electron chi connectivity index (χ0n) is 5.29. The van der Waals surface area contributed by atoms with Crippen LogP contribution in [0.4, 0.5) is 0 Å². The first kappa shape index (κ1) is 6.59. The van der Waals surface area contributed by atoms with E-state index >= 15 is 0 Å². The van der Waals surface area contributed by atoms with E-state index in [9.17, 15) is 0 Å². The first-order chi connectivity index (χ1) is 4.34. The summed E-state index contributed by atoms with van der Waals surface area (Å²) in [7, 11) is -0.953. The lowest BCUT2D eigenvalue weighted by Gasteiger charge is -1.93. The maximum Gasteiger partial charge on any atom is 0.150 e. The van der Waals surface area contributed by atoms with Crippen molar-refractivity contribution in [2.45, 2.75) is 6.55 Å². The Balaban J connectivity index is 2.80. The van der Waals surface area contributed by atoms with Crippen molar-refractivity contribution in [2.75, 3.05) is 0 Å².